The van der Waals surface area contributed by atoms with Crippen LogP contribution >= 0.6 is 0 Å². The van der Waals surface area contributed by atoms with E-state index in [1.54, 1.807) is 6.08 Å². The molecule has 4 heteroatoms. The number of benzene rings is 1. The maximum absolute atomic E-state index is 12.0. The molecule has 0 radical (unpaired) electrons. The molecule has 4 nitrogen and oxygen atoms in total. The summed E-state index contributed by atoms with van der Waals surface area (Å²) < 4.78 is 5.25. The highest BCUT2D eigenvalue weighted by molar-refractivity contribution is 5.68. The zero-order valence-electron chi connectivity index (χ0n) is 11.3. The van der Waals surface area contributed by atoms with E-state index in [-0.39, 0.29) is 25.8 Å². The van der Waals surface area contributed by atoms with Crippen LogP contribution < -0.4 is 0 Å². The van der Waals surface area contributed by atoms with E-state index in [4.69, 9.17) is 9.84 Å². The second kappa shape index (κ2) is 8.32. The Labute approximate surface area is 114 Å². The normalized spacial score (nSPS) is 11.7. The van der Waals surface area contributed by atoms with Crippen LogP contribution in [0.5, 0.6) is 0 Å². The molecule has 0 heterocycles. The molecule has 0 saturated carbocycles. The molecule has 0 spiro atoms. The number of aliphatic hydroxyl groups is 1. The topological polar surface area (TPSA) is 49.8 Å². The molecule has 1 aromatic carbocycles. The van der Waals surface area contributed by atoms with Crippen LogP contribution in [0.1, 0.15) is 18.9 Å². The molecule has 19 heavy (non-hydrogen) atoms. The van der Waals surface area contributed by atoms with Crippen LogP contribution in [-0.2, 0) is 11.3 Å². The molecular formula is C15H21NO3. The van der Waals surface area contributed by atoms with Crippen molar-refractivity contribution in [2.24, 2.45) is 0 Å². The fraction of sp³-hybridized carbons (Fsp3) is 0.400. The summed E-state index contributed by atoms with van der Waals surface area (Å²) in [6.07, 6.45) is 2.01. The van der Waals surface area contributed by atoms with Gasteiger partial charge >= 0.3 is 6.09 Å². The molecule has 0 aliphatic heterocycles. The zero-order valence-corrected chi connectivity index (χ0v) is 11.3. The van der Waals surface area contributed by atoms with Crippen molar-refractivity contribution in [1.29, 1.82) is 0 Å². The molecule has 0 fully saturated rings. The van der Waals surface area contributed by atoms with Crippen LogP contribution in [0, 0.1) is 0 Å². The molecular weight excluding hydrogens is 242 g/mol. The number of ether oxygens (including phenoxy) is 1. The first-order valence-electron chi connectivity index (χ1n) is 6.38. The van der Waals surface area contributed by atoms with Gasteiger partial charge in [-0.15, -0.1) is 6.58 Å². The summed E-state index contributed by atoms with van der Waals surface area (Å²) in [6.45, 7) is 5.98. The minimum atomic E-state index is -0.410. The summed E-state index contributed by atoms with van der Waals surface area (Å²) in [5, 5.41) is 9.01. The molecule has 0 aliphatic carbocycles. The lowest BCUT2D eigenvalue weighted by atomic mass is 10.2. The molecule has 0 aromatic heterocycles. The zero-order chi connectivity index (χ0) is 14.1. The molecule has 104 valence electrons. The Balaban J connectivity index is 2.54. The van der Waals surface area contributed by atoms with Gasteiger partial charge in [0.25, 0.3) is 0 Å². The van der Waals surface area contributed by atoms with Crippen LogP contribution in [0.2, 0.25) is 0 Å². The number of carbonyl (C=O) groups is 1. The van der Waals surface area contributed by atoms with Crippen molar-refractivity contribution in [3.8, 4) is 0 Å². The largest absolute Gasteiger partial charge is 0.445 e. The molecule has 0 saturated heterocycles. The lowest BCUT2D eigenvalue weighted by Gasteiger charge is -2.27. The maximum Gasteiger partial charge on any atom is 0.410 e. The van der Waals surface area contributed by atoms with Crippen LogP contribution in [0.15, 0.2) is 43.0 Å². The van der Waals surface area contributed by atoms with Crippen molar-refractivity contribution >= 4 is 6.09 Å². The third-order valence-electron chi connectivity index (χ3n) is 2.82. The van der Waals surface area contributed by atoms with Crippen LogP contribution in [0.3, 0.4) is 0 Å². The number of hydrogen-bond acceptors (Lipinski definition) is 3. The second-order valence-corrected chi connectivity index (χ2v) is 4.33. The highest BCUT2D eigenvalue weighted by Crippen LogP contribution is 2.08. The fourth-order valence-corrected chi connectivity index (χ4v) is 1.77. The predicted molar refractivity (Wildman–Crippen MR) is 74.7 cm³/mol. The number of hydrogen-bond donors (Lipinski definition) is 1. The number of nitrogens with zero attached hydrogens (tertiary/aromatic N) is 1. The van der Waals surface area contributed by atoms with Crippen molar-refractivity contribution in [3.63, 3.8) is 0 Å². The third-order valence-corrected chi connectivity index (χ3v) is 2.82. The van der Waals surface area contributed by atoms with E-state index in [1.807, 2.05) is 37.3 Å². The number of rotatable bonds is 7. The fourth-order valence-electron chi connectivity index (χ4n) is 1.77. The average molecular weight is 263 g/mol. The van der Waals surface area contributed by atoms with Gasteiger partial charge in [0, 0.05) is 12.6 Å². The molecule has 0 bridgehead atoms. The molecule has 1 N–H and O–H groups in total. The summed E-state index contributed by atoms with van der Waals surface area (Å²) in [7, 11) is 0. The average Bonchev–Trinajstić information content (AvgIpc) is 2.43. The Bertz CT molecular complexity index is 392. The van der Waals surface area contributed by atoms with Gasteiger partial charge in [0.2, 0.25) is 0 Å². The highest BCUT2D eigenvalue weighted by Gasteiger charge is 2.19. The summed E-state index contributed by atoms with van der Waals surface area (Å²) in [4.78, 5) is 13.5. The Kier molecular flexibility index (Phi) is 6.68. The molecule has 1 rings (SSSR count). The van der Waals surface area contributed by atoms with E-state index < -0.39 is 6.09 Å². The van der Waals surface area contributed by atoms with Gasteiger partial charge in [0.05, 0.1) is 6.61 Å². The molecule has 1 aromatic rings. The molecule has 1 amide bonds. The standard InChI is InChI=1S/C15H21NO3/c1-3-7-13(2)16(10-11-17)15(18)19-12-14-8-5-4-6-9-14/h3-6,8-9,13,17H,1,7,10-12H2,2H3/t13-/m0/s1. The lowest BCUT2D eigenvalue weighted by Crippen LogP contribution is -2.40. The number of carbonyl (C=O) groups excluding carboxylic acids is 1. The first-order valence-corrected chi connectivity index (χ1v) is 6.38. The molecule has 0 aliphatic rings. The van der Waals surface area contributed by atoms with Gasteiger partial charge in [-0.25, -0.2) is 4.79 Å². The second-order valence-electron chi connectivity index (χ2n) is 4.33. The first-order chi connectivity index (χ1) is 9.19. The summed E-state index contributed by atoms with van der Waals surface area (Å²) in [5.74, 6) is 0. The lowest BCUT2D eigenvalue weighted by molar-refractivity contribution is 0.0750. The van der Waals surface area contributed by atoms with E-state index in [2.05, 4.69) is 6.58 Å². The minimum absolute atomic E-state index is 0.0343. The SMILES string of the molecule is C=CC[C@H](C)N(CCO)C(=O)OCc1ccccc1. The van der Waals surface area contributed by atoms with Crippen molar-refractivity contribution in [2.75, 3.05) is 13.2 Å². The highest BCUT2D eigenvalue weighted by atomic mass is 16.6. The molecule has 0 unspecified atom stereocenters. The van der Waals surface area contributed by atoms with Crippen molar-refractivity contribution in [2.45, 2.75) is 26.0 Å². The van der Waals surface area contributed by atoms with Crippen molar-refractivity contribution < 1.29 is 14.6 Å². The number of amides is 1. The third kappa shape index (κ3) is 5.14. The van der Waals surface area contributed by atoms with E-state index in [1.165, 1.54) is 4.90 Å². The summed E-state index contributed by atoms with van der Waals surface area (Å²) in [6, 6.07) is 9.47. The Morgan fingerprint density at radius 1 is 1.47 bits per heavy atom. The minimum Gasteiger partial charge on any atom is -0.445 e. The van der Waals surface area contributed by atoms with Gasteiger partial charge < -0.3 is 14.7 Å². The molecule has 1 atom stereocenters. The van der Waals surface area contributed by atoms with E-state index in [9.17, 15) is 4.79 Å². The van der Waals surface area contributed by atoms with Crippen molar-refractivity contribution in [3.05, 3.63) is 48.6 Å². The predicted octanol–water partition coefficient (Wildman–Crippen LogP) is 2.58. The first kappa shape index (κ1) is 15.2. The van der Waals surface area contributed by atoms with Crippen molar-refractivity contribution in [1.82, 2.24) is 4.90 Å². The van der Waals surface area contributed by atoms with E-state index in [0.717, 1.165) is 5.56 Å². The van der Waals surface area contributed by atoms with Gasteiger partial charge in [0.15, 0.2) is 0 Å². The summed E-state index contributed by atoms with van der Waals surface area (Å²) >= 11 is 0. The quantitative estimate of drug-likeness (QED) is 0.769. The van der Waals surface area contributed by atoms with Gasteiger partial charge in [-0.05, 0) is 18.9 Å². The van der Waals surface area contributed by atoms with Gasteiger partial charge in [-0.2, -0.15) is 0 Å². The Morgan fingerprint density at radius 2 is 2.16 bits per heavy atom. The summed E-state index contributed by atoms with van der Waals surface area (Å²) in [5.41, 5.74) is 0.941. The smallest absolute Gasteiger partial charge is 0.410 e. The van der Waals surface area contributed by atoms with Crippen LogP contribution in [0.4, 0.5) is 4.79 Å². The van der Waals surface area contributed by atoms with E-state index in [0.29, 0.717) is 6.42 Å². The monoisotopic (exact) mass is 263 g/mol. The Hall–Kier alpha value is -1.81. The van der Waals surface area contributed by atoms with Crippen LogP contribution in [0.25, 0.3) is 0 Å². The van der Waals surface area contributed by atoms with Crippen LogP contribution in [-0.4, -0.2) is 35.3 Å². The van der Waals surface area contributed by atoms with Gasteiger partial charge in [-0.1, -0.05) is 36.4 Å². The van der Waals surface area contributed by atoms with Gasteiger partial charge in [0.1, 0.15) is 6.61 Å². The maximum atomic E-state index is 12.0. The van der Waals surface area contributed by atoms with Gasteiger partial charge in [-0.3, -0.25) is 0 Å². The number of aliphatic hydroxyl groups excluding tert-OH is 1. The van der Waals surface area contributed by atoms with E-state index >= 15 is 0 Å². The Morgan fingerprint density at radius 3 is 2.74 bits per heavy atom.